The SMILES string of the molecule is COc1cc(CN=C(N)N2CCC(C)CC2)ccc1C. The summed E-state index contributed by atoms with van der Waals surface area (Å²) in [5.74, 6) is 2.37. The summed E-state index contributed by atoms with van der Waals surface area (Å²) in [4.78, 5) is 6.70. The molecule has 0 amide bonds. The van der Waals surface area contributed by atoms with Gasteiger partial charge in [0.25, 0.3) is 0 Å². The fraction of sp³-hybridized carbons (Fsp3) is 0.562. The van der Waals surface area contributed by atoms with Crippen LogP contribution in [0.25, 0.3) is 0 Å². The lowest BCUT2D eigenvalue weighted by Gasteiger charge is -2.31. The van der Waals surface area contributed by atoms with Crippen molar-refractivity contribution in [1.82, 2.24) is 4.90 Å². The number of hydrogen-bond acceptors (Lipinski definition) is 2. The second-order valence-electron chi connectivity index (χ2n) is 5.65. The number of likely N-dealkylation sites (tertiary alicyclic amines) is 1. The summed E-state index contributed by atoms with van der Waals surface area (Å²) < 4.78 is 5.33. The minimum absolute atomic E-state index is 0.606. The van der Waals surface area contributed by atoms with E-state index in [0.29, 0.717) is 12.5 Å². The van der Waals surface area contributed by atoms with Crippen molar-refractivity contribution < 1.29 is 4.74 Å². The average Bonchev–Trinajstić information content (AvgIpc) is 2.46. The number of methoxy groups -OCH3 is 1. The predicted molar refractivity (Wildman–Crippen MR) is 83.0 cm³/mol. The number of aryl methyl sites for hydroxylation is 1. The number of nitrogens with two attached hydrogens (primary N) is 1. The Morgan fingerprint density at radius 2 is 2.10 bits per heavy atom. The van der Waals surface area contributed by atoms with E-state index < -0.39 is 0 Å². The van der Waals surface area contributed by atoms with Gasteiger partial charge in [0.2, 0.25) is 0 Å². The highest BCUT2D eigenvalue weighted by Gasteiger charge is 2.16. The fourth-order valence-corrected chi connectivity index (χ4v) is 2.47. The third-order valence-electron chi connectivity index (χ3n) is 4.00. The Labute approximate surface area is 121 Å². The highest BCUT2D eigenvalue weighted by Crippen LogP contribution is 2.20. The molecule has 0 aliphatic carbocycles. The molecule has 0 spiro atoms. The summed E-state index contributed by atoms with van der Waals surface area (Å²) >= 11 is 0. The first-order valence-corrected chi connectivity index (χ1v) is 7.28. The number of piperidine rings is 1. The maximum atomic E-state index is 6.09. The van der Waals surface area contributed by atoms with Gasteiger partial charge >= 0.3 is 0 Å². The molecule has 4 nitrogen and oxygen atoms in total. The van der Waals surface area contributed by atoms with E-state index in [1.807, 2.05) is 13.0 Å². The molecule has 0 atom stereocenters. The largest absolute Gasteiger partial charge is 0.496 e. The van der Waals surface area contributed by atoms with Gasteiger partial charge in [0.05, 0.1) is 13.7 Å². The molecule has 1 aliphatic rings. The lowest BCUT2D eigenvalue weighted by atomic mass is 10.00. The Hall–Kier alpha value is -1.71. The second-order valence-corrected chi connectivity index (χ2v) is 5.65. The Balaban J connectivity index is 1.97. The highest BCUT2D eigenvalue weighted by molar-refractivity contribution is 5.78. The van der Waals surface area contributed by atoms with E-state index in [1.54, 1.807) is 7.11 Å². The van der Waals surface area contributed by atoms with Crippen LogP contribution in [0.3, 0.4) is 0 Å². The number of hydrogen-bond donors (Lipinski definition) is 1. The quantitative estimate of drug-likeness (QED) is 0.681. The zero-order valence-electron chi connectivity index (χ0n) is 12.7. The molecule has 1 saturated heterocycles. The number of aliphatic imine (C=N–C) groups is 1. The van der Waals surface area contributed by atoms with Crippen LogP contribution in [0.1, 0.15) is 30.9 Å². The molecule has 20 heavy (non-hydrogen) atoms. The topological polar surface area (TPSA) is 50.9 Å². The molecule has 1 aromatic carbocycles. The van der Waals surface area contributed by atoms with Gasteiger partial charge in [0, 0.05) is 13.1 Å². The molecule has 1 aliphatic heterocycles. The number of guanidine groups is 1. The summed E-state index contributed by atoms with van der Waals surface area (Å²) in [6.45, 7) is 6.98. The maximum absolute atomic E-state index is 6.09. The monoisotopic (exact) mass is 275 g/mol. The normalized spacial score (nSPS) is 17.4. The van der Waals surface area contributed by atoms with Gasteiger partial charge in [0.1, 0.15) is 5.75 Å². The van der Waals surface area contributed by atoms with Gasteiger partial charge in [-0.05, 0) is 42.9 Å². The Kier molecular flexibility index (Phi) is 4.88. The van der Waals surface area contributed by atoms with Crippen LogP contribution in [0.5, 0.6) is 5.75 Å². The second kappa shape index (κ2) is 6.64. The van der Waals surface area contributed by atoms with E-state index in [1.165, 1.54) is 12.8 Å². The number of nitrogens with zero attached hydrogens (tertiary/aromatic N) is 2. The van der Waals surface area contributed by atoms with Crippen molar-refractivity contribution in [2.75, 3.05) is 20.2 Å². The first kappa shape index (κ1) is 14.7. The van der Waals surface area contributed by atoms with E-state index in [4.69, 9.17) is 10.5 Å². The first-order valence-electron chi connectivity index (χ1n) is 7.28. The Bertz CT molecular complexity index is 477. The molecular weight excluding hydrogens is 250 g/mol. The van der Waals surface area contributed by atoms with Crippen LogP contribution in [0.15, 0.2) is 23.2 Å². The van der Waals surface area contributed by atoms with Crippen molar-refractivity contribution in [3.05, 3.63) is 29.3 Å². The molecule has 0 aromatic heterocycles. The zero-order chi connectivity index (χ0) is 14.5. The molecule has 4 heteroatoms. The Morgan fingerprint density at radius 1 is 1.40 bits per heavy atom. The molecule has 1 heterocycles. The van der Waals surface area contributed by atoms with E-state index in [9.17, 15) is 0 Å². The molecule has 0 saturated carbocycles. The van der Waals surface area contributed by atoms with Gasteiger partial charge in [0.15, 0.2) is 5.96 Å². The summed E-state index contributed by atoms with van der Waals surface area (Å²) in [6.07, 6.45) is 2.41. The van der Waals surface area contributed by atoms with Gasteiger partial charge in [-0.2, -0.15) is 0 Å². The average molecular weight is 275 g/mol. The van der Waals surface area contributed by atoms with Crippen molar-refractivity contribution >= 4 is 5.96 Å². The maximum Gasteiger partial charge on any atom is 0.191 e. The molecule has 2 rings (SSSR count). The van der Waals surface area contributed by atoms with E-state index in [2.05, 4.69) is 28.9 Å². The van der Waals surface area contributed by atoms with Crippen LogP contribution in [0.2, 0.25) is 0 Å². The van der Waals surface area contributed by atoms with Crippen LogP contribution in [0.4, 0.5) is 0 Å². The molecule has 1 fully saturated rings. The third-order valence-corrected chi connectivity index (χ3v) is 4.00. The number of ether oxygens (including phenoxy) is 1. The van der Waals surface area contributed by atoms with Crippen molar-refractivity contribution in [2.45, 2.75) is 33.2 Å². The first-order chi connectivity index (χ1) is 9.60. The smallest absolute Gasteiger partial charge is 0.191 e. The molecule has 0 unspecified atom stereocenters. The van der Waals surface area contributed by atoms with Crippen LogP contribution in [-0.2, 0) is 6.54 Å². The van der Waals surface area contributed by atoms with E-state index in [-0.39, 0.29) is 0 Å². The summed E-state index contributed by atoms with van der Waals surface area (Å²) in [6, 6.07) is 6.17. The fourth-order valence-electron chi connectivity index (χ4n) is 2.47. The van der Waals surface area contributed by atoms with E-state index in [0.717, 1.165) is 35.9 Å². The van der Waals surface area contributed by atoms with Crippen molar-refractivity contribution in [3.63, 3.8) is 0 Å². The van der Waals surface area contributed by atoms with Crippen molar-refractivity contribution in [3.8, 4) is 5.75 Å². The molecule has 2 N–H and O–H groups in total. The standard InChI is InChI=1S/C16H25N3O/c1-12-6-8-19(9-7-12)16(17)18-11-14-5-4-13(2)15(10-14)20-3/h4-5,10,12H,6-9,11H2,1-3H3,(H2,17,18). The van der Waals surface area contributed by atoms with Gasteiger partial charge < -0.3 is 15.4 Å². The predicted octanol–water partition coefficient (Wildman–Crippen LogP) is 2.55. The number of rotatable bonds is 3. The Morgan fingerprint density at radius 3 is 2.75 bits per heavy atom. The van der Waals surface area contributed by atoms with Crippen LogP contribution in [-0.4, -0.2) is 31.1 Å². The minimum Gasteiger partial charge on any atom is -0.496 e. The van der Waals surface area contributed by atoms with Gasteiger partial charge in [-0.15, -0.1) is 0 Å². The van der Waals surface area contributed by atoms with Crippen LogP contribution < -0.4 is 10.5 Å². The molecular formula is C16H25N3O. The number of benzene rings is 1. The highest BCUT2D eigenvalue weighted by atomic mass is 16.5. The van der Waals surface area contributed by atoms with Crippen molar-refractivity contribution in [1.29, 1.82) is 0 Å². The zero-order valence-corrected chi connectivity index (χ0v) is 12.7. The molecule has 1 aromatic rings. The molecule has 110 valence electrons. The third kappa shape index (κ3) is 3.65. The van der Waals surface area contributed by atoms with E-state index >= 15 is 0 Å². The van der Waals surface area contributed by atoms with Crippen LogP contribution in [0, 0.1) is 12.8 Å². The van der Waals surface area contributed by atoms with Gasteiger partial charge in [-0.25, -0.2) is 4.99 Å². The molecule has 0 radical (unpaired) electrons. The summed E-state index contributed by atoms with van der Waals surface area (Å²) in [5, 5.41) is 0. The summed E-state index contributed by atoms with van der Waals surface area (Å²) in [7, 11) is 1.69. The summed E-state index contributed by atoms with van der Waals surface area (Å²) in [5.41, 5.74) is 8.35. The van der Waals surface area contributed by atoms with Crippen molar-refractivity contribution in [2.24, 2.45) is 16.6 Å². The lowest BCUT2D eigenvalue weighted by Crippen LogP contribution is -2.42. The minimum atomic E-state index is 0.606. The van der Waals surface area contributed by atoms with Gasteiger partial charge in [-0.1, -0.05) is 19.1 Å². The lowest BCUT2D eigenvalue weighted by molar-refractivity contribution is 0.277. The van der Waals surface area contributed by atoms with Gasteiger partial charge in [-0.3, -0.25) is 0 Å². The molecule has 0 bridgehead atoms. The van der Waals surface area contributed by atoms with Crippen LogP contribution >= 0.6 is 0 Å².